The van der Waals surface area contributed by atoms with Crippen molar-refractivity contribution in [2.75, 3.05) is 0 Å². The van der Waals surface area contributed by atoms with Gasteiger partial charge in [-0.2, -0.15) is 0 Å². The van der Waals surface area contributed by atoms with Crippen LogP contribution in [0.1, 0.15) is 37.7 Å². The fourth-order valence-electron chi connectivity index (χ4n) is 3.01. The maximum absolute atomic E-state index is 12.4. The van der Waals surface area contributed by atoms with Gasteiger partial charge in [0.1, 0.15) is 5.76 Å². The molecule has 4 rings (SSSR count). The number of amides is 2. The topological polar surface area (TPSA) is 118 Å². The first-order valence-electron chi connectivity index (χ1n) is 9.79. The molecule has 3 aromatic rings. The number of aromatic nitrogens is 1. The van der Waals surface area contributed by atoms with E-state index in [-0.39, 0.29) is 9.80 Å². The minimum Gasteiger partial charge on any atom is -0.455 e. The summed E-state index contributed by atoms with van der Waals surface area (Å²) >= 11 is 0.806. The van der Waals surface area contributed by atoms with Crippen molar-refractivity contribution in [3.63, 3.8) is 0 Å². The summed E-state index contributed by atoms with van der Waals surface area (Å²) in [5, 5.41) is 2.46. The maximum Gasteiger partial charge on any atom is 0.290 e. The maximum atomic E-state index is 12.4. The van der Waals surface area contributed by atoms with Gasteiger partial charge >= 0.3 is 0 Å². The molecule has 2 aromatic heterocycles. The largest absolute Gasteiger partial charge is 0.455 e. The summed E-state index contributed by atoms with van der Waals surface area (Å²) in [7, 11) is -3.63. The van der Waals surface area contributed by atoms with Gasteiger partial charge in [0.2, 0.25) is 10.0 Å². The van der Waals surface area contributed by atoms with Crippen molar-refractivity contribution in [3.8, 4) is 11.8 Å². The van der Waals surface area contributed by atoms with Crippen LogP contribution in [0, 0.1) is 11.8 Å². The predicted molar refractivity (Wildman–Crippen MR) is 126 cm³/mol. The molecule has 0 spiro atoms. The van der Waals surface area contributed by atoms with Crippen LogP contribution < -0.4 is 10.0 Å². The van der Waals surface area contributed by atoms with E-state index in [0.29, 0.717) is 27.9 Å². The normalized spacial score (nSPS) is 15.5. The summed E-state index contributed by atoms with van der Waals surface area (Å²) in [5.74, 6) is 5.91. The molecule has 0 saturated carbocycles. The summed E-state index contributed by atoms with van der Waals surface area (Å²) in [6.45, 7) is 5.32. The van der Waals surface area contributed by atoms with E-state index in [0.717, 1.165) is 11.8 Å². The number of nitrogens with zero attached hydrogens (tertiary/aromatic N) is 1. The van der Waals surface area contributed by atoms with Gasteiger partial charge in [-0.25, -0.2) is 13.1 Å². The molecule has 10 heteroatoms. The number of hydrogen-bond acceptors (Lipinski definition) is 7. The number of fused-ring (bicyclic) bond motifs is 1. The molecule has 0 bridgehead atoms. The molecule has 1 aliphatic heterocycles. The summed E-state index contributed by atoms with van der Waals surface area (Å²) in [6.07, 6.45) is 4.66. The fourth-order valence-corrected chi connectivity index (χ4v) is 5.09. The zero-order valence-electron chi connectivity index (χ0n) is 17.9. The smallest absolute Gasteiger partial charge is 0.290 e. The van der Waals surface area contributed by atoms with Crippen molar-refractivity contribution < 1.29 is 22.4 Å². The molecule has 168 valence electrons. The number of imide groups is 1. The highest BCUT2D eigenvalue weighted by molar-refractivity contribution is 8.18. The van der Waals surface area contributed by atoms with Gasteiger partial charge in [0.25, 0.3) is 11.1 Å². The molecule has 0 unspecified atom stereocenters. The highest BCUT2D eigenvalue weighted by atomic mass is 32.2. The summed E-state index contributed by atoms with van der Waals surface area (Å²) < 4.78 is 33.3. The first-order valence-corrected chi connectivity index (χ1v) is 12.1. The summed E-state index contributed by atoms with van der Waals surface area (Å²) in [6, 6.07) is 7.96. The lowest BCUT2D eigenvalue weighted by atomic mass is 10.1. The molecule has 1 fully saturated rings. The Hall–Kier alpha value is -3.39. The van der Waals surface area contributed by atoms with Crippen LogP contribution in [-0.4, -0.2) is 30.1 Å². The van der Waals surface area contributed by atoms with Crippen molar-refractivity contribution in [1.82, 2.24) is 15.0 Å². The van der Waals surface area contributed by atoms with Gasteiger partial charge in [0.05, 0.1) is 15.4 Å². The Labute approximate surface area is 194 Å². The third kappa shape index (κ3) is 5.34. The van der Waals surface area contributed by atoms with Crippen molar-refractivity contribution >= 4 is 50.0 Å². The van der Waals surface area contributed by atoms with E-state index in [1.54, 1.807) is 51.4 Å². The van der Waals surface area contributed by atoms with E-state index in [9.17, 15) is 18.0 Å². The van der Waals surface area contributed by atoms with Crippen molar-refractivity contribution in [2.24, 2.45) is 0 Å². The predicted octanol–water partition coefficient (Wildman–Crippen LogP) is 3.63. The number of rotatable bonds is 3. The molecular weight excluding hydrogens is 462 g/mol. The molecule has 1 aliphatic rings. The Morgan fingerprint density at radius 2 is 1.85 bits per heavy atom. The quantitative estimate of drug-likeness (QED) is 0.433. The minimum absolute atomic E-state index is 0.155. The molecule has 2 N–H and O–H groups in total. The zero-order chi connectivity index (χ0) is 23.8. The molecule has 1 saturated heterocycles. The highest BCUT2D eigenvalue weighted by Gasteiger charge is 2.25. The second-order valence-electron chi connectivity index (χ2n) is 8.24. The second kappa shape index (κ2) is 8.51. The van der Waals surface area contributed by atoms with E-state index >= 15 is 0 Å². The number of furan rings is 1. The van der Waals surface area contributed by atoms with Gasteiger partial charge in [-0.3, -0.25) is 19.9 Å². The Morgan fingerprint density at radius 3 is 2.48 bits per heavy atom. The van der Waals surface area contributed by atoms with Crippen molar-refractivity contribution in [1.29, 1.82) is 0 Å². The molecule has 0 radical (unpaired) electrons. The number of nitrogens with one attached hydrogen (secondary N) is 2. The van der Waals surface area contributed by atoms with Crippen LogP contribution in [0.4, 0.5) is 4.79 Å². The number of thioether (sulfide) groups is 1. The first kappa shape index (κ1) is 22.8. The van der Waals surface area contributed by atoms with Crippen LogP contribution in [0.25, 0.3) is 17.0 Å². The van der Waals surface area contributed by atoms with Gasteiger partial charge in [0, 0.05) is 35.0 Å². The Balaban J connectivity index is 1.60. The summed E-state index contributed by atoms with van der Waals surface area (Å²) in [5.41, 5.74) is 1.06. The number of pyridine rings is 1. The van der Waals surface area contributed by atoms with Gasteiger partial charge in [-0.05, 0) is 62.9 Å². The number of carbonyl (C=O) groups is 2. The van der Waals surface area contributed by atoms with Crippen LogP contribution in [0.2, 0.25) is 0 Å². The number of sulfonamides is 1. The van der Waals surface area contributed by atoms with Crippen LogP contribution in [0.5, 0.6) is 0 Å². The molecule has 0 aliphatic carbocycles. The van der Waals surface area contributed by atoms with Gasteiger partial charge in [0.15, 0.2) is 5.58 Å². The molecule has 33 heavy (non-hydrogen) atoms. The van der Waals surface area contributed by atoms with E-state index in [2.05, 4.69) is 26.9 Å². The molecule has 2 amide bonds. The zero-order valence-corrected chi connectivity index (χ0v) is 19.6. The molecule has 3 heterocycles. The van der Waals surface area contributed by atoms with Crippen LogP contribution in [0.3, 0.4) is 0 Å². The van der Waals surface area contributed by atoms with Gasteiger partial charge in [-0.1, -0.05) is 11.8 Å². The van der Waals surface area contributed by atoms with Crippen molar-refractivity contribution in [3.05, 3.63) is 64.5 Å². The standard InChI is InChI=1S/C23H19N3O5S2/c1-23(2,3)26-33(29,30)18-8-5-14(6-9-18)4-7-15-12-24-13-16-10-17(31-20(15)16)11-19-21(27)25-22(28)32-19/h5-6,8-13,26H,1-3H3,(H,25,27,28). The third-order valence-electron chi connectivity index (χ3n) is 4.30. The van der Waals surface area contributed by atoms with Crippen molar-refractivity contribution in [2.45, 2.75) is 31.2 Å². The lowest BCUT2D eigenvalue weighted by Gasteiger charge is -2.20. The first-order chi connectivity index (χ1) is 15.5. The molecule has 0 atom stereocenters. The van der Waals surface area contributed by atoms with Crippen LogP contribution in [-0.2, 0) is 14.8 Å². The fraction of sp³-hybridized carbons (Fsp3) is 0.174. The molecule has 1 aromatic carbocycles. The van der Waals surface area contributed by atoms with E-state index in [1.165, 1.54) is 18.2 Å². The lowest BCUT2D eigenvalue weighted by molar-refractivity contribution is -0.115. The van der Waals surface area contributed by atoms with Gasteiger partial charge in [-0.15, -0.1) is 0 Å². The van der Waals surface area contributed by atoms with E-state index < -0.39 is 26.7 Å². The van der Waals surface area contributed by atoms with Gasteiger partial charge < -0.3 is 4.42 Å². The number of hydrogen-bond donors (Lipinski definition) is 2. The monoisotopic (exact) mass is 481 g/mol. The Kier molecular flexibility index (Phi) is 5.88. The number of carbonyl (C=O) groups excluding carboxylic acids is 2. The number of benzene rings is 1. The summed E-state index contributed by atoms with van der Waals surface area (Å²) in [4.78, 5) is 27.6. The Bertz CT molecular complexity index is 1470. The average molecular weight is 482 g/mol. The third-order valence-corrected chi connectivity index (χ3v) is 6.89. The van der Waals surface area contributed by atoms with Crippen LogP contribution in [0.15, 0.2) is 56.9 Å². The minimum atomic E-state index is -3.63. The molecular formula is C23H19N3O5S2. The highest BCUT2D eigenvalue weighted by Crippen LogP contribution is 2.29. The SMILES string of the molecule is CC(C)(C)NS(=O)(=O)c1ccc(C#Cc2cncc3cc(C=C4SC(=O)NC4=O)oc23)cc1. The van der Waals surface area contributed by atoms with Crippen LogP contribution >= 0.6 is 11.8 Å². The Morgan fingerprint density at radius 1 is 1.12 bits per heavy atom. The second-order valence-corrected chi connectivity index (χ2v) is 10.9. The van der Waals surface area contributed by atoms with E-state index in [1.807, 2.05) is 0 Å². The lowest BCUT2D eigenvalue weighted by Crippen LogP contribution is -2.40. The van der Waals surface area contributed by atoms with E-state index in [4.69, 9.17) is 4.42 Å². The average Bonchev–Trinajstić information content (AvgIpc) is 3.27. The molecule has 8 nitrogen and oxygen atoms in total.